The summed E-state index contributed by atoms with van der Waals surface area (Å²) in [5, 5.41) is 0. The maximum atomic E-state index is 12.7. The van der Waals surface area contributed by atoms with Gasteiger partial charge in [0.05, 0.1) is 0 Å². The fraction of sp³-hybridized carbons (Fsp3) is 0.500. The SMILES string of the molecule is CN1CCN(Cc2cccnc2)CC12CCN(C(=O)CCc1ccccc1)CC2. The normalized spacial score (nSPS) is 20.1. The Bertz CT molecular complexity index is 787. The van der Waals surface area contributed by atoms with Gasteiger partial charge in [0, 0.05) is 63.6 Å². The van der Waals surface area contributed by atoms with E-state index >= 15 is 0 Å². The molecule has 1 spiro atoms. The summed E-state index contributed by atoms with van der Waals surface area (Å²) in [5.74, 6) is 0.300. The van der Waals surface area contributed by atoms with E-state index in [1.54, 1.807) is 0 Å². The number of piperidine rings is 1. The highest BCUT2D eigenvalue weighted by Gasteiger charge is 2.42. The number of nitrogens with zero attached hydrogens (tertiary/aromatic N) is 4. The molecule has 0 saturated carbocycles. The molecule has 5 nitrogen and oxygen atoms in total. The fourth-order valence-corrected chi connectivity index (χ4v) is 4.80. The maximum Gasteiger partial charge on any atom is 0.222 e. The third kappa shape index (κ3) is 4.85. The molecule has 154 valence electrons. The Kier molecular flexibility index (Phi) is 6.26. The predicted octanol–water partition coefficient (Wildman–Crippen LogP) is 2.82. The number of benzene rings is 1. The summed E-state index contributed by atoms with van der Waals surface area (Å²) in [6, 6.07) is 14.5. The molecule has 2 aromatic rings. The van der Waals surface area contributed by atoms with E-state index in [0.29, 0.717) is 12.3 Å². The number of amides is 1. The van der Waals surface area contributed by atoms with Crippen molar-refractivity contribution in [3.63, 3.8) is 0 Å². The van der Waals surface area contributed by atoms with Crippen molar-refractivity contribution in [2.75, 3.05) is 39.8 Å². The van der Waals surface area contributed by atoms with E-state index in [0.717, 1.165) is 58.5 Å². The highest BCUT2D eigenvalue weighted by molar-refractivity contribution is 5.76. The van der Waals surface area contributed by atoms with Gasteiger partial charge in [0.2, 0.25) is 5.91 Å². The number of likely N-dealkylation sites (tertiary alicyclic amines) is 1. The van der Waals surface area contributed by atoms with Gasteiger partial charge in [0.1, 0.15) is 0 Å². The number of piperazine rings is 1. The highest BCUT2D eigenvalue weighted by Crippen LogP contribution is 2.32. The van der Waals surface area contributed by atoms with Crippen LogP contribution in [0.1, 0.15) is 30.4 Å². The fourth-order valence-electron chi connectivity index (χ4n) is 4.80. The number of pyridine rings is 1. The Morgan fingerprint density at radius 2 is 1.76 bits per heavy atom. The summed E-state index contributed by atoms with van der Waals surface area (Å²) in [4.78, 5) is 24.2. The molecule has 0 bridgehead atoms. The van der Waals surface area contributed by atoms with Crippen molar-refractivity contribution in [3.8, 4) is 0 Å². The second-order valence-corrected chi connectivity index (χ2v) is 8.58. The molecule has 1 aromatic heterocycles. The van der Waals surface area contributed by atoms with Crippen molar-refractivity contribution in [3.05, 3.63) is 66.0 Å². The molecule has 0 atom stereocenters. The molecular formula is C24H32N4O. The molecule has 0 unspecified atom stereocenters. The van der Waals surface area contributed by atoms with E-state index in [-0.39, 0.29) is 5.54 Å². The van der Waals surface area contributed by atoms with Crippen molar-refractivity contribution >= 4 is 5.91 Å². The van der Waals surface area contributed by atoms with Crippen LogP contribution in [0.25, 0.3) is 0 Å². The zero-order valence-corrected chi connectivity index (χ0v) is 17.5. The Labute approximate surface area is 174 Å². The zero-order valence-electron chi connectivity index (χ0n) is 17.5. The number of carbonyl (C=O) groups is 1. The van der Waals surface area contributed by atoms with Gasteiger partial charge in [-0.25, -0.2) is 0 Å². The molecule has 0 N–H and O–H groups in total. The Hall–Kier alpha value is -2.24. The maximum absolute atomic E-state index is 12.7. The number of aryl methyl sites for hydroxylation is 1. The molecule has 1 amide bonds. The van der Waals surface area contributed by atoms with Gasteiger partial charge in [-0.1, -0.05) is 36.4 Å². The van der Waals surface area contributed by atoms with Gasteiger partial charge in [-0.2, -0.15) is 0 Å². The molecule has 4 rings (SSSR count). The van der Waals surface area contributed by atoms with Gasteiger partial charge in [-0.3, -0.25) is 19.6 Å². The number of hydrogen-bond acceptors (Lipinski definition) is 4. The molecule has 2 saturated heterocycles. The molecule has 2 aliphatic rings. The van der Waals surface area contributed by atoms with E-state index in [4.69, 9.17) is 0 Å². The van der Waals surface area contributed by atoms with Crippen molar-refractivity contribution < 1.29 is 4.79 Å². The molecule has 0 aliphatic carbocycles. The van der Waals surface area contributed by atoms with E-state index in [9.17, 15) is 4.79 Å². The lowest BCUT2D eigenvalue weighted by atomic mass is 9.83. The van der Waals surface area contributed by atoms with Crippen LogP contribution in [0, 0.1) is 0 Å². The number of likely N-dealkylation sites (N-methyl/N-ethyl adjacent to an activating group) is 1. The van der Waals surface area contributed by atoms with Crippen LogP contribution in [0.2, 0.25) is 0 Å². The average molecular weight is 393 g/mol. The second-order valence-electron chi connectivity index (χ2n) is 8.58. The Balaban J connectivity index is 1.31. The monoisotopic (exact) mass is 392 g/mol. The summed E-state index contributed by atoms with van der Waals surface area (Å²) in [6.45, 7) is 5.96. The average Bonchev–Trinajstić information content (AvgIpc) is 2.77. The molecule has 29 heavy (non-hydrogen) atoms. The van der Waals surface area contributed by atoms with Gasteiger partial charge < -0.3 is 4.90 Å². The summed E-state index contributed by atoms with van der Waals surface area (Å²) in [6.07, 6.45) is 7.37. The largest absolute Gasteiger partial charge is 0.343 e. The number of hydrogen-bond donors (Lipinski definition) is 0. The lowest BCUT2D eigenvalue weighted by molar-refractivity contribution is -0.135. The summed E-state index contributed by atoms with van der Waals surface area (Å²) in [7, 11) is 2.26. The molecule has 5 heteroatoms. The summed E-state index contributed by atoms with van der Waals surface area (Å²) < 4.78 is 0. The van der Waals surface area contributed by atoms with Crippen LogP contribution in [-0.4, -0.2) is 70.9 Å². The van der Waals surface area contributed by atoms with Gasteiger partial charge >= 0.3 is 0 Å². The van der Waals surface area contributed by atoms with Crippen LogP contribution in [0.3, 0.4) is 0 Å². The molecule has 1 aromatic carbocycles. The van der Waals surface area contributed by atoms with Gasteiger partial charge in [-0.05, 0) is 43.5 Å². The first kappa shape index (κ1) is 20.0. The lowest BCUT2D eigenvalue weighted by Crippen LogP contribution is -2.64. The first-order valence-corrected chi connectivity index (χ1v) is 10.8. The quantitative estimate of drug-likeness (QED) is 0.785. The van der Waals surface area contributed by atoms with Crippen molar-refractivity contribution in [1.29, 1.82) is 0 Å². The van der Waals surface area contributed by atoms with Crippen molar-refractivity contribution in [2.24, 2.45) is 0 Å². The number of rotatable bonds is 5. The van der Waals surface area contributed by atoms with E-state index in [1.165, 1.54) is 11.1 Å². The van der Waals surface area contributed by atoms with Crippen molar-refractivity contribution in [1.82, 2.24) is 19.7 Å². The van der Waals surface area contributed by atoms with Crippen LogP contribution >= 0.6 is 0 Å². The third-order valence-corrected chi connectivity index (χ3v) is 6.73. The second kappa shape index (κ2) is 9.06. The minimum atomic E-state index is 0.191. The van der Waals surface area contributed by atoms with Crippen LogP contribution in [0.5, 0.6) is 0 Å². The summed E-state index contributed by atoms with van der Waals surface area (Å²) >= 11 is 0. The lowest BCUT2D eigenvalue weighted by Gasteiger charge is -2.53. The molecule has 2 fully saturated rings. The first-order valence-electron chi connectivity index (χ1n) is 10.8. The van der Waals surface area contributed by atoms with Crippen LogP contribution in [0.15, 0.2) is 54.9 Å². The smallest absolute Gasteiger partial charge is 0.222 e. The van der Waals surface area contributed by atoms with Crippen LogP contribution < -0.4 is 0 Å². The van der Waals surface area contributed by atoms with E-state index in [1.807, 2.05) is 36.7 Å². The van der Waals surface area contributed by atoms with Gasteiger partial charge in [0.15, 0.2) is 0 Å². The van der Waals surface area contributed by atoms with E-state index in [2.05, 4.69) is 44.9 Å². The van der Waals surface area contributed by atoms with Crippen LogP contribution in [-0.2, 0) is 17.8 Å². The Morgan fingerprint density at radius 3 is 2.48 bits per heavy atom. The predicted molar refractivity (Wildman–Crippen MR) is 115 cm³/mol. The van der Waals surface area contributed by atoms with E-state index < -0.39 is 0 Å². The van der Waals surface area contributed by atoms with Gasteiger partial charge in [0.25, 0.3) is 0 Å². The molecule has 3 heterocycles. The molecule has 2 aliphatic heterocycles. The van der Waals surface area contributed by atoms with Crippen molar-refractivity contribution in [2.45, 2.75) is 37.8 Å². The van der Waals surface area contributed by atoms with Crippen LogP contribution in [0.4, 0.5) is 0 Å². The first-order chi connectivity index (χ1) is 14.1. The standard InChI is InChI=1S/C24H32N4O/c1-26-16-17-27(19-22-8-5-13-25-18-22)20-24(26)11-14-28(15-12-24)23(29)10-9-21-6-3-2-4-7-21/h2-8,13,18H,9-12,14-17,19-20H2,1H3. The minimum absolute atomic E-state index is 0.191. The minimum Gasteiger partial charge on any atom is -0.343 e. The topological polar surface area (TPSA) is 39.7 Å². The zero-order chi connectivity index (χ0) is 20.1. The molecule has 0 radical (unpaired) electrons. The summed E-state index contributed by atoms with van der Waals surface area (Å²) in [5.41, 5.74) is 2.71. The third-order valence-electron chi connectivity index (χ3n) is 6.73. The molecular weight excluding hydrogens is 360 g/mol. The van der Waals surface area contributed by atoms with Gasteiger partial charge in [-0.15, -0.1) is 0 Å². The number of aromatic nitrogens is 1. The highest BCUT2D eigenvalue weighted by atomic mass is 16.2. The number of carbonyl (C=O) groups excluding carboxylic acids is 1. The Morgan fingerprint density at radius 1 is 1.00 bits per heavy atom.